The Morgan fingerprint density at radius 1 is 1.03 bits per heavy atom. The SMILES string of the molecule is CS(=O)(=O)N1CCC(N2CCc3ccc(C#Cc4cccc(C(=O)O)c4-c4ccc5cc[nH]c5c4)cc3C2)C1. The highest BCUT2D eigenvalue weighted by Gasteiger charge is 2.33. The number of fused-ring (bicyclic) bond motifs is 2. The minimum absolute atomic E-state index is 0.216. The van der Waals surface area contributed by atoms with E-state index in [0.717, 1.165) is 48.0 Å². The third-order valence-electron chi connectivity index (χ3n) is 7.84. The number of rotatable bonds is 4. The summed E-state index contributed by atoms with van der Waals surface area (Å²) in [5.74, 6) is 5.53. The Labute approximate surface area is 228 Å². The molecule has 0 saturated carbocycles. The van der Waals surface area contributed by atoms with Gasteiger partial charge in [-0.3, -0.25) is 4.90 Å². The Kier molecular flexibility index (Phi) is 6.51. The second-order valence-corrected chi connectivity index (χ2v) is 12.3. The molecule has 198 valence electrons. The Morgan fingerprint density at radius 2 is 1.90 bits per heavy atom. The molecule has 7 nitrogen and oxygen atoms in total. The van der Waals surface area contributed by atoms with Crippen molar-refractivity contribution in [3.05, 3.63) is 94.7 Å². The minimum atomic E-state index is -3.17. The van der Waals surface area contributed by atoms with Crippen LogP contribution in [0, 0.1) is 11.8 Å². The number of hydrogen-bond donors (Lipinski definition) is 2. The molecule has 0 spiro atoms. The first-order valence-corrected chi connectivity index (χ1v) is 14.9. The molecule has 0 aliphatic carbocycles. The van der Waals surface area contributed by atoms with Gasteiger partial charge >= 0.3 is 5.97 Å². The van der Waals surface area contributed by atoms with Crippen LogP contribution >= 0.6 is 0 Å². The molecule has 1 atom stereocenters. The van der Waals surface area contributed by atoms with E-state index in [1.165, 1.54) is 17.4 Å². The Bertz CT molecular complexity index is 1760. The number of H-pyrrole nitrogens is 1. The predicted octanol–water partition coefficient (Wildman–Crippen LogP) is 4.32. The molecule has 2 aliphatic rings. The smallest absolute Gasteiger partial charge is 0.336 e. The second-order valence-electron chi connectivity index (χ2n) is 10.3. The molecule has 0 amide bonds. The first-order chi connectivity index (χ1) is 18.8. The van der Waals surface area contributed by atoms with Crippen LogP contribution in [-0.4, -0.2) is 65.6 Å². The molecule has 2 N–H and O–H groups in total. The van der Waals surface area contributed by atoms with E-state index in [1.54, 1.807) is 16.4 Å². The first-order valence-electron chi connectivity index (χ1n) is 13.0. The monoisotopic (exact) mass is 539 g/mol. The van der Waals surface area contributed by atoms with Gasteiger partial charge in [0.05, 0.1) is 11.8 Å². The predicted molar refractivity (Wildman–Crippen MR) is 152 cm³/mol. The van der Waals surface area contributed by atoms with Crippen LogP contribution < -0.4 is 0 Å². The topological polar surface area (TPSA) is 93.7 Å². The van der Waals surface area contributed by atoms with Crippen LogP contribution in [0.4, 0.5) is 0 Å². The molecule has 4 aromatic rings. The molecule has 2 aliphatic heterocycles. The summed E-state index contributed by atoms with van der Waals surface area (Å²) in [5.41, 5.74) is 6.59. The molecule has 3 aromatic carbocycles. The van der Waals surface area contributed by atoms with Crippen molar-refractivity contribution < 1.29 is 18.3 Å². The fourth-order valence-electron chi connectivity index (χ4n) is 5.77. The van der Waals surface area contributed by atoms with Gasteiger partial charge in [-0.25, -0.2) is 17.5 Å². The summed E-state index contributed by atoms with van der Waals surface area (Å²) in [6.07, 6.45) is 4.91. The first kappa shape index (κ1) is 25.4. The van der Waals surface area contributed by atoms with Crippen molar-refractivity contribution in [1.29, 1.82) is 0 Å². The molecular formula is C31H29N3O4S. The van der Waals surface area contributed by atoms with Gasteiger partial charge in [-0.2, -0.15) is 0 Å². The van der Waals surface area contributed by atoms with Gasteiger partial charge < -0.3 is 10.1 Å². The maximum atomic E-state index is 12.1. The van der Waals surface area contributed by atoms with Gasteiger partial charge in [0.1, 0.15) is 0 Å². The Balaban J connectivity index is 1.30. The van der Waals surface area contributed by atoms with Gasteiger partial charge in [0.15, 0.2) is 0 Å². The average molecular weight is 540 g/mol. The van der Waals surface area contributed by atoms with E-state index in [0.29, 0.717) is 24.2 Å². The van der Waals surface area contributed by atoms with Gasteiger partial charge in [-0.15, -0.1) is 0 Å². The van der Waals surface area contributed by atoms with Gasteiger partial charge in [-0.05, 0) is 71.3 Å². The number of aromatic carboxylic acids is 1. The van der Waals surface area contributed by atoms with Crippen LogP contribution in [0.25, 0.3) is 22.0 Å². The zero-order valence-corrected chi connectivity index (χ0v) is 22.5. The van der Waals surface area contributed by atoms with Crippen molar-refractivity contribution in [3.63, 3.8) is 0 Å². The molecule has 3 heterocycles. The van der Waals surface area contributed by atoms with Crippen LogP contribution in [0.2, 0.25) is 0 Å². The number of carbonyl (C=O) groups is 1. The van der Waals surface area contributed by atoms with E-state index in [-0.39, 0.29) is 11.6 Å². The average Bonchev–Trinajstić information content (AvgIpc) is 3.61. The third-order valence-corrected chi connectivity index (χ3v) is 9.11. The van der Waals surface area contributed by atoms with Crippen molar-refractivity contribution in [2.24, 2.45) is 0 Å². The highest BCUT2D eigenvalue weighted by Crippen LogP contribution is 2.31. The van der Waals surface area contributed by atoms with Crippen molar-refractivity contribution >= 4 is 26.9 Å². The zero-order valence-electron chi connectivity index (χ0n) is 21.6. The lowest BCUT2D eigenvalue weighted by atomic mass is 9.93. The number of nitrogens with zero attached hydrogens (tertiary/aromatic N) is 2. The van der Waals surface area contributed by atoms with Crippen LogP contribution in [0.15, 0.2) is 66.9 Å². The van der Waals surface area contributed by atoms with Crippen LogP contribution in [-0.2, 0) is 23.0 Å². The summed E-state index contributed by atoms with van der Waals surface area (Å²) in [7, 11) is -3.17. The Hall–Kier alpha value is -3.90. The lowest BCUT2D eigenvalue weighted by Gasteiger charge is -2.33. The lowest BCUT2D eigenvalue weighted by molar-refractivity contribution is 0.0697. The number of nitrogens with one attached hydrogen (secondary N) is 1. The largest absolute Gasteiger partial charge is 0.478 e. The Morgan fingerprint density at radius 3 is 2.69 bits per heavy atom. The minimum Gasteiger partial charge on any atom is -0.478 e. The normalized spacial score (nSPS) is 18.0. The second kappa shape index (κ2) is 10.0. The lowest BCUT2D eigenvalue weighted by Crippen LogP contribution is -2.41. The maximum absolute atomic E-state index is 12.1. The fraction of sp³-hybridized carbons (Fsp3) is 0.258. The van der Waals surface area contributed by atoms with E-state index >= 15 is 0 Å². The quantitative estimate of drug-likeness (QED) is 0.377. The molecule has 39 heavy (non-hydrogen) atoms. The summed E-state index contributed by atoms with van der Waals surface area (Å²) in [4.78, 5) is 17.7. The number of aromatic nitrogens is 1. The van der Waals surface area contributed by atoms with E-state index in [9.17, 15) is 18.3 Å². The van der Waals surface area contributed by atoms with Crippen molar-refractivity contribution in [2.45, 2.75) is 25.4 Å². The fourth-order valence-corrected chi connectivity index (χ4v) is 6.65. The summed E-state index contributed by atoms with van der Waals surface area (Å²) in [6, 6.07) is 19.6. The van der Waals surface area contributed by atoms with Gasteiger partial charge in [0, 0.05) is 60.6 Å². The molecule has 1 saturated heterocycles. The van der Waals surface area contributed by atoms with Gasteiger partial charge in [0.2, 0.25) is 10.0 Å². The standard InChI is InChI=1S/C31H29N3O4S/c1-39(37,38)34-16-13-27(20-34)33-15-12-22-7-5-21(17-26(22)19-33)6-8-24-3-2-4-28(31(35)36)30(24)25-10-9-23-11-14-32-29(23)18-25/h2-5,7,9-11,14,17-18,27,32H,12-13,15-16,19-20H2,1H3,(H,35,36). The van der Waals surface area contributed by atoms with Crippen LogP contribution in [0.1, 0.15) is 39.0 Å². The summed E-state index contributed by atoms with van der Waals surface area (Å²) >= 11 is 0. The van der Waals surface area contributed by atoms with Crippen LogP contribution in [0.5, 0.6) is 0 Å². The number of benzene rings is 3. The third kappa shape index (κ3) is 5.09. The highest BCUT2D eigenvalue weighted by molar-refractivity contribution is 7.88. The molecule has 8 heteroatoms. The molecule has 1 unspecified atom stereocenters. The number of hydrogen-bond acceptors (Lipinski definition) is 4. The zero-order chi connectivity index (χ0) is 27.1. The number of carboxylic acid groups (broad SMARTS) is 1. The van der Waals surface area contributed by atoms with Gasteiger partial charge in [-0.1, -0.05) is 36.1 Å². The molecule has 1 aromatic heterocycles. The molecular weight excluding hydrogens is 510 g/mol. The van der Waals surface area contributed by atoms with E-state index in [1.807, 2.05) is 42.6 Å². The molecule has 6 rings (SSSR count). The summed E-state index contributed by atoms with van der Waals surface area (Å²) in [6.45, 7) is 2.80. The van der Waals surface area contributed by atoms with Gasteiger partial charge in [0.25, 0.3) is 0 Å². The number of sulfonamides is 1. The molecule has 1 fully saturated rings. The maximum Gasteiger partial charge on any atom is 0.336 e. The number of aromatic amines is 1. The summed E-state index contributed by atoms with van der Waals surface area (Å²) < 4.78 is 25.5. The van der Waals surface area contributed by atoms with Crippen molar-refractivity contribution in [3.8, 4) is 23.0 Å². The van der Waals surface area contributed by atoms with E-state index in [2.05, 4.69) is 33.9 Å². The molecule has 0 bridgehead atoms. The summed E-state index contributed by atoms with van der Waals surface area (Å²) in [5, 5.41) is 11.0. The van der Waals surface area contributed by atoms with Crippen molar-refractivity contribution in [1.82, 2.24) is 14.2 Å². The van der Waals surface area contributed by atoms with Crippen molar-refractivity contribution in [2.75, 3.05) is 25.9 Å². The van der Waals surface area contributed by atoms with E-state index in [4.69, 9.17) is 0 Å². The molecule has 0 radical (unpaired) electrons. The highest BCUT2D eigenvalue weighted by atomic mass is 32.2. The van der Waals surface area contributed by atoms with Crippen LogP contribution in [0.3, 0.4) is 0 Å². The number of carboxylic acids is 1. The van der Waals surface area contributed by atoms with E-state index < -0.39 is 16.0 Å².